The topological polar surface area (TPSA) is 42.2 Å². The van der Waals surface area contributed by atoms with Crippen LogP contribution in [-0.2, 0) is 0 Å². The van der Waals surface area contributed by atoms with Crippen molar-refractivity contribution < 1.29 is 14.4 Å². The zero-order chi connectivity index (χ0) is 9.42. The molecule has 0 unspecified atom stereocenters. The van der Waals surface area contributed by atoms with Crippen molar-refractivity contribution in [2.24, 2.45) is 0 Å². The van der Waals surface area contributed by atoms with Crippen LogP contribution in [0.1, 0.15) is 10.4 Å². The molecule has 0 atom stereocenters. The Bertz CT molecular complexity index is 476. The molecule has 0 aliphatic carbocycles. The molecule has 0 aliphatic heterocycles. The molecule has 0 aliphatic rings. The summed E-state index contributed by atoms with van der Waals surface area (Å²) in [5, 5.41) is 9.59. The van der Waals surface area contributed by atoms with Crippen LogP contribution in [0.2, 0.25) is 0 Å². The lowest BCUT2D eigenvalue weighted by Crippen LogP contribution is -1.79. The molecule has 0 saturated carbocycles. The standard InChI is InChI=1S/C9H6FNO2/c10-11-8-4-2-1-3-6(8)7(5-12)9(11)13/h1-5,13H. The van der Waals surface area contributed by atoms with Crippen LogP contribution in [-0.4, -0.2) is 16.2 Å². The first-order chi connectivity index (χ1) is 6.25. The average molecular weight is 179 g/mol. The highest BCUT2D eigenvalue weighted by Gasteiger charge is 2.14. The Morgan fingerprint density at radius 3 is 2.77 bits per heavy atom. The van der Waals surface area contributed by atoms with Crippen molar-refractivity contribution in [1.29, 1.82) is 0 Å². The minimum absolute atomic E-state index is 0.0156. The van der Waals surface area contributed by atoms with Gasteiger partial charge in [0.15, 0.2) is 6.29 Å². The van der Waals surface area contributed by atoms with Crippen LogP contribution < -0.4 is 0 Å². The fourth-order valence-electron chi connectivity index (χ4n) is 1.33. The molecule has 3 nitrogen and oxygen atoms in total. The van der Waals surface area contributed by atoms with Crippen LogP contribution in [0.25, 0.3) is 10.9 Å². The van der Waals surface area contributed by atoms with Gasteiger partial charge >= 0.3 is 0 Å². The number of carbonyl (C=O) groups is 1. The summed E-state index contributed by atoms with van der Waals surface area (Å²) in [5.74, 6) is -0.642. The van der Waals surface area contributed by atoms with Crippen molar-refractivity contribution >= 4 is 17.2 Å². The Morgan fingerprint density at radius 1 is 1.38 bits per heavy atom. The van der Waals surface area contributed by atoms with E-state index in [2.05, 4.69) is 0 Å². The second kappa shape index (κ2) is 2.58. The first-order valence-corrected chi connectivity index (χ1v) is 3.69. The van der Waals surface area contributed by atoms with E-state index in [4.69, 9.17) is 0 Å². The molecule has 4 heteroatoms. The molecular weight excluding hydrogens is 173 g/mol. The molecule has 2 rings (SSSR count). The molecular formula is C9H6FNO2. The normalized spacial score (nSPS) is 10.5. The third-order valence-electron chi connectivity index (χ3n) is 1.95. The molecule has 0 fully saturated rings. The van der Waals surface area contributed by atoms with E-state index in [1.54, 1.807) is 18.2 Å². The summed E-state index contributed by atoms with van der Waals surface area (Å²) < 4.78 is 13.1. The van der Waals surface area contributed by atoms with E-state index in [1.165, 1.54) is 6.07 Å². The van der Waals surface area contributed by atoms with E-state index >= 15 is 0 Å². The lowest BCUT2D eigenvalue weighted by molar-refractivity contribution is 0.112. The van der Waals surface area contributed by atoms with Gasteiger partial charge in [-0.2, -0.15) is 0 Å². The summed E-state index contributed by atoms with van der Waals surface area (Å²) in [5.41, 5.74) is 0.181. The largest absolute Gasteiger partial charge is 0.492 e. The van der Waals surface area contributed by atoms with E-state index in [-0.39, 0.29) is 15.9 Å². The quantitative estimate of drug-likeness (QED) is 0.679. The lowest BCUT2D eigenvalue weighted by Gasteiger charge is -1.89. The van der Waals surface area contributed by atoms with Crippen LogP contribution in [0.4, 0.5) is 4.48 Å². The predicted octanol–water partition coefficient (Wildman–Crippen LogP) is 1.89. The van der Waals surface area contributed by atoms with Gasteiger partial charge in [0, 0.05) is 5.39 Å². The van der Waals surface area contributed by atoms with Gasteiger partial charge in [-0.15, -0.1) is 4.79 Å². The summed E-state index contributed by atoms with van der Waals surface area (Å²) in [6.07, 6.45) is 0.438. The third kappa shape index (κ3) is 0.917. The molecule has 1 heterocycles. The summed E-state index contributed by atoms with van der Waals surface area (Å²) in [4.78, 5) is 10.6. The maximum atomic E-state index is 13.1. The monoisotopic (exact) mass is 179 g/mol. The predicted molar refractivity (Wildman–Crippen MR) is 45.5 cm³/mol. The van der Waals surface area contributed by atoms with E-state index in [0.29, 0.717) is 11.7 Å². The Labute approximate surface area is 73.0 Å². The number of benzene rings is 1. The fourth-order valence-corrected chi connectivity index (χ4v) is 1.33. The van der Waals surface area contributed by atoms with Gasteiger partial charge in [-0.25, -0.2) is 0 Å². The van der Waals surface area contributed by atoms with Crippen LogP contribution in [0.5, 0.6) is 5.88 Å². The van der Waals surface area contributed by atoms with Crippen molar-refractivity contribution in [1.82, 2.24) is 4.79 Å². The number of halogens is 1. The van der Waals surface area contributed by atoms with E-state index < -0.39 is 5.88 Å². The molecule has 13 heavy (non-hydrogen) atoms. The van der Waals surface area contributed by atoms with E-state index in [0.717, 1.165) is 0 Å². The second-order valence-corrected chi connectivity index (χ2v) is 2.65. The maximum Gasteiger partial charge on any atom is 0.232 e. The van der Waals surface area contributed by atoms with E-state index in [9.17, 15) is 14.4 Å². The van der Waals surface area contributed by atoms with Crippen molar-refractivity contribution in [3.8, 4) is 5.88 Å². The van der Waals surface area contributed by atoms with Gasteiger partial charge < -0.3 is 5.11 Å². The molecule has 1 aromatic carbocycles. The zero-order valence-corrected chi connectivity index (χ0v) is 6.57. The fraction of sp³-hybridized carbons (Fsp3) is 0. The zero-order valence-electron chi connectivity index (χ0n) is 6.57. The first-order valence-electron chi connectivity index (χ1n) is 3.69. The Balaban J connectivity index is 2.98. The number of hydrogen-bond donors (Lipinski definition) is 1. The van der Waals surface area contributed by atoms with Crippen LogP contribution >= 0.6 is 0 Å². The summed E-state index contributed by atoms with van der Waals surface area (Å²) in [6.45, 7) is 0. The molecule has 2 aromatic rings. The van der Waals surface area contributed by atoms with Crippen molar-refractivity contribution in [2.75, 3.05) is 0 Å². The number of carbonyl (C=O) groups excluding carboxylic acids is 1. The number of hydrogen-bond acceptors (Lipinski definition) is 2. The number of aromatic nitrogens is 1. The van der Waals surface area contributed by atoms with Gasteiger partial charge in [-0.1, -0.05) is 22.7 Å². The highest BCUT2D eigenvalue weighted by molar-refractivity contribution is 6.00. The minimum atomic E-state index is -0.642. The third-order valence-corrected chi connectivity index (χ3v) is 1.95. The number of rotatable bonds is 1. The second-order valence-electron chi connectivity index (χ2n) is 2.65. The van der Waals surface area contributed by atoms with Crippen LogP contribution in [0.15, 0.2) is 24.3 Å². The first kappa shape index (κ1) is 7.79. The van der Waals surface area contributed by atoms with Crippen LogP contribution in [0.3, 0.4) is 0 Å². The molecule has 0 bridgehead atoms. The molecule has 1 N–H and O–H groups in total. The Hall–Kier alpha value is -1.84. The van der Waals surface area contributed by atoms with Gasteiger partial charge in [0.2, 0.25) is 5.88 Å². The molecule has 0 saturated heterocycles. The van der Waals surface area contributed by atoms with Gasteiger partial charge in [0.05, 0.1) is 11.1 Å². The smallest absolute Gasteiger partial charge is 0.232 e. The van der Waals surface area contributed by atoms with Gasteiger partial charge in [0.1, 0.15) is 0 Å². The molecule has 66 valence electrons. The van der Waals surface area contributed by atoms with Gasteiger partial charge in [-0.05, 0) is 6.07 Å². The van der Waals surface area contributed by atoms with Gasteiger partial charge in [-0.3, -0.25) is 4.79 Å². The van der Waals surface area contributed by atoms with Crippen molar-refractivity contribution in [2.45, 2.75) is 0 Å². The summed E-state index contributed by atoms with van der Waals surface area (Å²) in [7, 11) is 0. The summed E-state index contributed by atoms with van der Waals surface area (Å²) in [6, 6.07) is 6.37. The molecule has 0 amide bonds. The number of aromatic hydroxyl groups is 1. The minimum Gasteiger partial charge on any atom is -0.492 e. The number of nitrogens with zero attached hydrogens (tertiary/aromatic N) is 1. The molecule has 0 spiro atoms. The number of fused-ring (bicyclic) bond motifs is 1. The van der Waals surface area contributed by atoms with Crippen molar-refractivity contribution in [3.63, 3.8) is 0 Å². The van der Waals surface area contributed by atoms with Crippen molar-refractivity contribution in [3.05, 3.63) is 29.8 Å². The SMILES string of the molecule is O=Cc1c(O)n(F)c2ccccc12. The summed E-state index contributed by atoms with van der Waals surface area (Å²) >= 11 is 0. The highest BCUT2D eigenvalue weighted by Crippen LogP contribution is 2.29. The Morgan fingerprint density at radius 2 is 2.08 bits per heavy atom. The lowest BCUT2D eigenvalue weighted by atomic mass is 10.2. The highest BCUT2D eigenvalue weighted by atomic mass is 19.2. The average Bonchev–Trinajstić information content (AvgIpc) is 2.41. The van der Waals surface area contributed by atoms with Crippen LogP contribution in [0, 0.1) is 0 Å². The maximum absolute atomic E-state index is 13.1. The Kier molecular flexibility index (Phi) is 1.55. The number of aldehydes is 1. The molecule has 1 aromatic heterocycles. The van der Waals surface area contributed by atoms with E-state index in [1.807, 2.05) is 0 Å². The van der Waals surface area contributed by atoms with Gasteiger partial charge in [0.25, 0.3) is 0 Å². The molecule has 0 radical (unpaired) electrons. The number of para-hydroxylation sites is 1.